The monoisotopic (exact) mass is 320 g/mol. The fourth-order valence-electron chi connectivity index (χ4n) is 3.15. The van der Waals surface area contributed by atoms with Gasteiger partial charge in [0.2, 0.25) is 0 Å². The molecule has 0 radical (unpaired) electrons. The Bertz CT molecular complexity index is 529. The summed E-state index contributed by atoms with van der Waals surface area (Å²) >= 11 is 0. The van der Waals surface area contributed by atoms with E-state index in [1.165, 1.54) is 32.1 Å². The normalized spacial score (nSPS) is 23.2. The quantitative estimate of drug-likeness (QED) is 0.645. The summed E-state index contributed by atoms with van der Waals surface area (Å²) < 4.78 is 7.45. The van der Waals surface area contributed by atoms with E-state index in [1.807, 2.05) is 18.5 Å². The summed E-state index contributed by atoms with van der Waals surface area (Å²) in [5.74, 6) is 2.68. The predicted octanol–water partition coefficient (Wildman–Crippen LogP) is 1.28. The number of ether oxygens (including phenoxy) is 1. The van der Waals surface area contributed by atoms with Crippen molar-refractivity contribution in [2.24, 2.45) is 12.0 Å². The van der Waals surface area contributed by atoms with E-state index in [-0.39, 0.29) is 0 Å². The Kier molecular flexibility index (Phi) is 5.48. The number of aliphatic imine (C=N–C) groups is 1. The summed E-state index contributed by atoms with van der Waals surface area (Å²) in [4.78, 5) is 4.74. The van der Waals surface area contributed by atoms with Crippen LogP contribution in [0.4, 0.5) is 0 Å². The molecule has 1 aliphatic heterocycles. The average Bonchev–Trinajstić information content (AvgIpc) is 3.18. The Balaban J connectivity index is 1.64. The van der Waals surface area contributed by atoms with Crippen LogP contribution in [0, 0.1) is 6.92 Å². The maximum absolute atomic E-state index is 5.46. The van der Waals surface area contributed by atoms with Crippen molar-refractivity contribution in [3.63, 3.8) is 0 Å². The predicted molar refractivity (Wildman–Crippen MR) is 89.2 cm³/mol. The first-order valence-corrected chi connectivity index (χ1v) is 8.72. The van der Waals surface area contributed by atoms with Crippen molar-refractivity contribution < 1.29 is 4.74 Å². The number of hydrogen-bond donors (Lipinski definition) is 2. The highest BCUT2D eigenvalue weighted by molar-refractivity contribution is 5.80. The van der Waals surface area contributed by atoms with Crippen molar-refractivity contribution in [2.75, 3.05) is 13.2 Å². The van der Waals surface area contributed by atoms with E-state index in [2.05, 4.69) is 20.8 Å². The molecular weight excluding hydrogens is 292 g/mol. The van der Waals surface area contributed by atoms with E-state index in [9.17, 15) is 0 Å². The second-order valence-corrected chi connectivity index (χ2v) is 6.57. The lowest BCUT2D eigenvalue weighted by Gasteiger charge is -2.26. The number of hydrogen-bond acceptors (Lipinski definition) is 4. The van der Waals surface area contributed by atoms with Gasteiger partial charge >= 0.3 is 0 Å². The van der Waals surface area contributed by atoms with Gasteiger partial charge in [-0.25, -0.2) is 4.99 Å². The highest BCUT2D eigenvalue weighted by Gasteiger charge is 2.20. The minimum Gasteiger partial charge on any atom is -0.379 e. The van der Waals surface area contributed by atoms with Crippen LogP contribution in [0.15, 0.2) is 4.99 Å². The van der Waals surface area contributed by atoms with Crippen molar-refractivity contribution in [3.8, 4) is 0 Å². The molecule has 1 saturated heterocycles. The second-order valence-electron chi connectivity index (χ2n) is 6.57. The number of nitrogens with zero attached hydrogens (tertiary/aromatic N) is 4. The van der Waals surface area contributed by atoms with E-state index in [0.717, 1.165) is 37.2 Å². The molecule has 23 heavy (non-hydrogen) atoms. The Labute approximate surface area is 137 Å². The van der Waals surface area contributed by atoms with Crippen molar-refractivity contribution in [2.45, 2.75) is 64.1 Å². The van der Waals surface area contributed by atoms with Gasteiger partial charge in [-0.15, -0.1) is 10.2 Å². The average molecular weight is 320 g/mol. The number of guanidine groups is 1. The first kappa shape index (κ1) is 16.2. The third kappa shape index (κ3) is 4.43. The summed E-state index contributed by atoms with van der Waals surface area (Å²) in [7, 11) is 1.98. The molecule has 2 N–H and O–H groups in total. The maximum atomic E-state index is 5.46. The summed E-state index contributed by atoms with van der Waals surface area (Å²) in [6, 6.07) is 0.879. The van der Waals surface area contributed by atoms with Crippen LogP contribution in [-0.2, 0) is 18.3 Å². The first-order chi connectivity index (χ1) is 11.2. The molecule has 0 spiro atoms. The van der Waals surface area contributed by atoms with Gasteiger partial charge in [-0.2, -0.15) is 0 Å². The Hall–Kier alpha value is -1.63. The van der Waals surface area contributed by atoms with Gasteiger partial charge in [0.15, 0.2) is 11.8 Å². The van der Waals surface area contributed by atoms with Crippen LogP contribution >= 0.6 is 0 Å². The minimum atomic E-state index is 0.353. The third-order valence-corrected chi connectivity index (χ3v) is 4.78. The lowest BCUT2D eigenvalue weighted by Crippen LogP contribution is -2.48. The zero-order chi connectivity index (χ0) is 16.1. The fourth-order valence-corrected chi connectivity index (χ4v) is 3.15. The molecule has 1 aromatic rings. The van der Waals surface area contributed by atoms with Crippen molar-refractivity contribution in [3.05, 3.63) is 11.6 Å². The summed E-state index contributed by atoms with van der Waals surface area (Å²) in [5, 5.41) is 15.4. The highest BCUT2D eigenvalue weighted by atomic mass is 16.5. The number of nitrogens with one attached hydrogen (secondary N) is 2. The number of aryl methyl sites for hydroxylation is 1. The van der Waals surface area contributed by atoms with Gasteiger partial charge in [-0.1, -0.05) is 19.3 Å². The van der Waals surface area contributed by atoms with Crippen LogP contribution in [-0.4, -0.2) is 46.0 Å². The topological polar surface area (TPSA) is 76.4 Å². The molecule has 0 bridgehead atoms. The summed E-state index contributed by atoms with van der Waals surface area (Å²) in [5.41, 5.74) is 0. The largest absolute Gasteiger partial charge is 0.379 e. The Morgan fingerprint density at radius 1 is 1.17 bits per heavy atom. The summed E-state index contributed by atoms with van der Waals surface area (Å²) in [6.07, 6.45) is 7.46. The Morgan fingerprint density at radius 2 is 1.96 bits per heavy atom. The van der Waals surface area contributed by atoms with Crippen LogP contribution in [0.25, 0.3) is 0 Å². The third-order valence-electron chi connectivity index (χ3n) is 4.78. The van der Waals surface area contributed by atoms with Gasteiger partial charge in [0.1, 0.15) is 12.4 Å². The van der Waals surface area contributed by atoms with E-state index in [0.29, 0.717) is 18.6 Å². The summed E-state index contributed by atoms with van der Waals surface area (Å²) in [6.45, 7) is 4.08. The van der Waals surface area contributed by atoms with E-state index in [4.69, 9.17) is 9.73 Å². The van der Waals surface area contributed by atoms with Gasteiger partial charge in [0.25, 0.3) is 0 Å². The van der Waals surface area contributed by atoms with Crippen molar-refractivity contribution in [1.82, 2.24) is 25.4 Å². The Morgan fingerprint density at radius 3 is 2.61 bits per heavy atom. The molecule has 7 nitrogen and oxygen atoms in total. The van der Waals surface area contributed by atoms with Crippen LogP contribution in [0.1, 0.15) is 50.2 Å². The minimum absolute atomic E-state index is 0.353. The lowest BCUT2D eigenvalue weighted by atomic mass is 9.96. The zero-order valence-electron chi connectivity index (χ0n) is 14.2. The van der Waals surface area contributed by atoms with Crippen LogP contribution in [0.3, 0.4) is 0 Å². The van der Waals surface area contributed by atoms with Crippen LogP contribution < -0.4 is 10.6 Å². The molecule has 7 heteroatoms. The van der Waals surface area contributed by atoms with Crippen LogP contribution in [0.2, 0.25) is 0 Å². The van der Waals surface area contributed by atoms with Crippen molar-refractivity contribution >= 4 is 5.96 Å². The molecule has 0 aromatic carbocycles. The van der Waals surface area contributed by atoms with Crippen molar-refractivity contribution in [1.29, 1.82) is 0 Å². The first-order valence-electron chi connectivity index (χ1n) is 8.72. The standard InChI is InChI=1S/C16H28N6O/c1-12-20-21-15(22(12)2)10-17-16(19-14-8-9-23-11-14)18-13-6-4-3-5-7-13/h13-14H,3-11H2,1-2H3,(H2,17,18,19). The molecule has 2 heterocycles. The van der Waals surface area contributed by atoms with Gasteiger partial charge in [-0.05, 0) is 26.2 Å². The zero-order valence-corrected chi connectivity index (χ0v) is 14.2. The maximum Gasteiger partial charge on any atom is 0.192 e. The van der Waals surface area contributed by atoms with Crippen LogP contribution in [0.5, 0.6) is 0 Å². The molecule has 3 rings (SSSR count). The second kappa shape index (κ2) is 7.77. The molecule has 2 aliphatic rings. The molecule has 1 unspecified atom stereocenters. The lowest BCUT2D eigenvalue weighted by molar-refractivity contribution is 0.192. The van der Waals surface area contributed by atoms with E-state index >= 15 is 0 Å². The fraction of sp³-hybridized carbons (Fsp3) is 0.812. The molecule has 0 amide bonds. The van der Waals surface area contributed by atoms with E-state index < -0.39 is 0 Å². The molecule has 1 saturated carbocycles. The van der Waals surface area contributed by atoms with Gasteiger partial charge in [-0.3, -0.25) is 0 Å². The molecule has 1 aromatic heterocycles. The smallest absolute Gasteiger partial charge is 0.192 e. The molecule has 2 fully saturated rings. The molecule has 1 atom stereocenters. The van der Waals surface area contributed by atoms with Gasteiger partial charge in [0, 0.05) is 19.7 Å². The number of rotatable bonds is 4. The molecule has 128 valence electrons. The molecular formula is C16H28N6O. The highest BCUT2D eigenvalue weighted by Crippen LogP contribution is 2.17. The van der Waals surface area contributed by atoms with Gasteiger partial charge < -0.3 is 19.9 Å². The molecule has 1 aliphatic carbocycles. The van der Waals surface area contributed by atoms with E-state index in [1.54, 1.807) is 0 Å². The number of aromatic nitrogens is 3. The van der Waals surface area contributed by atoms with Gasteiger partial charge in [0.05, 0.1) is 12.6 Å². The SMILES string of the molecule is Cc1nnc(CN=C(NC2CCCCC2)NC2CCOC2)n1C.